The van der Waals surface area contributed by atoms with E-state index < -0.39 is 0 Å². The quantitative estimate of drug-likeness (QED) is 0.888. The average Bonchev–Trinajstić information content (AvgIpc) is 2.95. The number of aromatic nitrogens is 3. The lowest BCUT2D eigenvalue weighted by molar-refractivity contribution is 0.254. The molecule has 2 heterocycles. The molecule has 2 unspecified atom stereocenters. The molecule has 2 atom stereocenters. The molecule has 0 radical (unpaired) electrons. The Balaban J connectivity index is 1.81. The lowest BCUT2D eigenvalue weighted by Gasteiger charge is -2.21. The summed E-state index contributed by atoms with van der Waals surface area (Å²) in [6.07, 6.45) is 7.89. The van der Waals surface area contributed by atoms with Crippen molar-refractivity contribution in [3.05, 3.63) is 36.3 Å². The van der Waals surface area contributed by atoms with Gasteiger partial charge in [0, 0.05) is 42.4 Å². The summed E-state index contributed by atoms with van der Waals surface area (Å²) in [4.78, 5) is 13.2. The minimum atomic E-state index is 0.258. The highest BCUT2D eigenvalue weighted by molar-refractivity contribution is 5.56. The highest BCUT2D eigenvalue weighted by Gasteiger charge is 2.27. The van der Waals surface area contributed by atoms with Crippen molar-refractivity contribution in [2.45, 2.75) is 38.6 Å². The van der Waals surface area contributed by atoms with E-state index >= 15 is 0 Å². The van der Waals surface area contributed by atoms with Crippen molar-refractivity contribution in [3.63, 3.8) is 0 Å². The molecule has 0 aromatic carbocycles. The van der Waals surface area contributed by atoms with Crippen LogP contribution in [0.25, 0.3) is 11.4 Å². The summed E-state index contributed by atoms with van der Waals surface area (Å²) in [5, 5.41) is 12.7. The lowest BCUT2D eigenvalue weighted by atomic mass is 10.00. The van der Waals surface area contributed by atoms with Crippen LogP contribution in [-0.4, -0.2) is 32.7 Å². The molecule has 1 aliphatic carbocycles. The highest BCUT2D eigenvalue weighted by Crippen LogP contribution is 2.30. The second-order valence-electron chi connectivity index (χ2n) is 5.91. The van der Waals surface area contributed by atoms with Gasteiger partial charge in [-0.3, -0.25) is 4.98 Å². The molecular weight excluding hydrogens is 276 g/mol. The van der Waals surface area contributed by atoms with Crippen molar-refractivity contribution in [1.29, 1.82) is 0 Å². The van der Waals surface area contributed by atoms with Crippen molar-refractivity contribution in [3.8, 4) is 11.4 Å². The number of hydrogen-bond acceptors (Lipinski definition) is 5. The van der Waals surface area contributed by atoms with Crippen LogP contribution in [0.4, 0.5) is 5.82 Å². The van der Waals surface area contributed by atoms with Crippen LogP contribution in [0.1, 0.15) is 31.4 Å². The Kier molecular flexibility index (Phi) is 4.63. The number of nitrogens with one attached hydrogen (secondary N) is 1. The third kappa shape index (κ3) is 3.42. The second-order valence-corrected chi connectivity index (χ2v) is 5.91. The summed E-state index contributed by atoms with van der Waals surface area (Å²) < 4.78 is 0. The predicted octanol–water partition coefficient (Wildman–Crippen LogP) is 2.81. The molecule has 2 N–H and O–H groups in total. The number of anilines is 1. The molecule has 116 valence electrons. The Morgan fingerprint density at radius 1 is 1.23 bits per heavy atom. The molecule has 5 nitrogen and oxygen atoms in total. The average molecular weight is 298 g/mol. The zero-order valence-corrected chi connectivity index (χ0v) is 12.9. The van der Waals surface area contributed by atoms with Gasteiger partial charge < -0.3 is 10.4 Å². The molecule has 2 aromatic rings. The number of aliphatic hydroxyl groups is 1. The molecule has 0 aliphatic heterocycles. The first-order valence-corrected chi connectivity index (χ1v) is 7.90. The fourth-order valence-corrected chi connectivity index (χ4v) is 3.20. The molecule has 22 heavy (non-hydrogen) atoms. The molecule has 0 saturated heterocycles. The predicted molar refractivity (Wildman–Crippen MR) is 86.5 cm³/mol. The van der Waals surface area contributed by atoms with E-state index in [0.29, 0.717) is 12.0 Å². The molecule has 0 spiro atoms. The van der Waals surface area contributed by atoms with Crippen molar-refractivity contribution >= 4 is 5.82 Å². The van der Waals surface area contributed by atoms with Crippen LogP contribution in [0.2, 0.25) is 0 Å². The molecule has 1 saturated carbocycles. The molecule has 1 aliphatic rings. The second kappa shape index (κ2) is 6.83. The Labute approximate surface area is 130 Å². The van der Waals surface area contributed by atoms with Gasteiger partial charge in [-0.15, -0.1) is 0 Å². The van der Waals surface area contributed by atoms with Crippen molar-refractivity contribution in [2.75, 3.05) is 11.9 Å². The molecular formula is C17H22N4O. The summed E-state index contributed by atoms with van der Waals surface area (Å²) in [7, 11) is 0. The Morgan fingerprint density at radius 3 is 2.82 bits per heavy atom. The summed E-state index contributed by atoms with van der Waals surface area (Å²) in [5.74, 6) is 2.13. The molecule has 2 aromatic heterocycles. The third-order valence-electron chi connectivity index (χ3n) is 4.28. The minimum absolute atomic E-state index is 0.258. The van der Waals surface area contributed by atoms with Crippen LogP contribution < -0.4 is 5.32 Å². The van der Waals surface area contributed by atoms with Gasteiger partial charge in [-0.1, -0.05) is 6.42 Å². The van der Waals surface area contributed by atoms with Gasteiger partial charge in [0.1, 0.15) is 5.82 Å². The van der Waals surface area contributed by atoms with Crippen LogP contribution in [0.15, 0.2) is 30.6 Å². The maximum Gasteiger partial charge on any atom is 0.161 e. The van der Waals surface area contributed by atoms with Crippen LogP contribution in [-0.2, 0) is 0 Å². The van der Waals surface area contributed by atoms with Gasteiger partial charge in [0.2, 0.25) is 0 Å². The van der Waals surface area contributed by atoms with E-state index in [2.05, 4.69) is 20.3 Å². The van der Waals surface area contributed by atoms with Crippen LogP contribution >= 0.6 is 0 Å². The highest BCUT2D eigenvalue weighted by atomic mass is 16.3. The summed E-state index contributed by atoms with van der Waals surface area (Å²) in [6, 6.07) is 6.22. The number of aliphatic hydroxyl groups excluding tert-OH is 1. The first kappa shape index (κ1) is 14.9. The van der Waals surface area contributed by atoms with Gasteiger partial charge >= 0.3 is 0 Å². The standard InChI is InChI=1S/C17H22N4O/c1-12-11-16(20-15-4-2-3-13(15)7-10-22)21-17(19-12)14-5-8-18-9-6-14/h5-6,8-9,11,13,15,22H,2-4,7,10H2,1H3,(H,19,20,21). The van der Waals surface area contributed by atoms with Gasteiger partial charge in [-0.25, -0.2) is 9.97 Å². The Bertz CT molecular complexity index is 617. The first-order valence-electron chi connectivity index (χ1n) is 7.90. The largest absolute Gasteiger partial charge is 0.396 e. The number of hydrogen-bond donors (Lipinski definition) is 2. The topological polar surface area (TPSA) is 70.9 Å². The van der Waals surface area contributed by atoms with Crippen LogP contribution in [0.3, 0.4) is 0 Å². The van der Waals surface area contributed by atoms with Gasteiger partial charge in [0.25, 0.3) is 0 Å². The third-order valence-corrected chi connectivity index (χ3v) is 4.28. The van der Waals surface area contributed by atoms with Gasteiger partial charge in [0.15, 0.2) is 5.82 Å². The Morgan fingerprint density at radius 2 is 2.05 bits per heavy atom. The number of nitrogens with zero attached hydrogens (tertiary/aromatic N) is 3. The molecule has 5 heteroatoms. The van der Waals surface area contributed by atoms with Crippen LogP contribution in [0, 0.1) is 12.8 Å². The SMILES string of the molecule is Cc1cc(NC2CCCC2CCO)nc(-c2ccncc2)n1. The van der Waals surface area contributed by atoms with E-state index in [1.807, 2.05) is 25.1 Å². The first-order chi connectivity index (χ1) is 10.8. The Hall–Kier alpha value is -2.01. The fraction of sp³-hybridized carbons (Fsp3) is 0.471. The van der Waals surface area contributed by atoms with E-state index in [9.17, 15) is 5.11 Å². The summed E-state index contributed by atoms with van der Waals surface area (Å²) >= 11 is 0. The summed E-state index contributed by atoms with van der Waals surface area (Å²) in [6.45, 7) is 2.24. The number of rotatable bonds is 5. The maximum atomic E-state index is 9.19. The van der Waals surface area contributed by atoms with Gasteiger partial charge in [-0.2, -0.15) is 0 Å². The molecule has 0 bridgehead atoms. The van der Waals surface area contributed by atoms with E-state index in [4.69, 9.17) is 0 Å². The number of aryl methyl sites for hydroxylation is 1. The zero-order valence-electron chi connectivity index (χ0n) is 12.9. The molecule has 1 fully saturated rings. The number of pyridine rings is 1. The van der Waals surface area contributed by atoms with E-state index in [0.717, 1.165) is 35.7 Å². The summed E-state index contributed by atoms with van der Waals surface area (Å²) in [5.41, 5.74) is 1.92. The van der Waals surface area contributed by atoms with Crippen molar-refractivity contribution < 1.29 is 5.11 Å². The maximum absolute atomic E-state index is 9.19. The zero-order chi connectivity index (χ0) is 15.4. The smallest absolute Gasteiger partial charge is 0.161 e. The fourth-order valence-electron chi connectivity index (χ4n) is 3.20. The monoisotopic (exact) mass is 298 g/mol. The normalized spacial score (nSPS) is 21.0. The lowest BCUT2D eigenvalue weighted by Crippen LogP contribution is -2.25. The van der Waals surface area contributed by atoms with E-state index in [1.165, 1.54) is 12.8 Å². The van der Waals surface area contributed by atoms with E-state index in [1.54, 1.807) is 12.4 Å². The van der Waals surface area contributed by atoms with Gasteiger partial charge in [0.05, 0.1) is 0 Å². The minimum Gasteiger partial charge on any atom is -0.396 e. The van der Waals surface area contributed by atoms with Crippen molar-refractivity contribution in [1.82, 2.24) is 15.0 Å². The van der Waals surface area contributed by atoms with Crippen LogP contribution in [0.5, 0.6) is 0 Å². The molecule has 0 amide bonds. The van der Waals surface area contributed by atoms with Gasteiger partial charge in [-0.05, 0) is 44.2 Å². The van der Waals surface area contributed by atoms with Crippen molar-refractivity contribution in [2.24, 2.45) is 5.92 Å². The van der Waals surface area contributed by atoms with E-state index in [-0.39, 0.29) is 6.61 Å². The molecule has 3 rings (SSSR count).